The molecule has 1 fully saturated rings. The maximum Gasteiger partial charge on any atom is 0.137 e. The van der Waals surface area contributed by atoms with Crippen molar-refractivity contribution < 1.29 is 9.47 Å². The molecule has 0 aliphatic carbocycles. The average molecular weight is 250 g/mol. The Kier molecular flexibility index (Phi) is 5.42. The lowest BCUT2D eigenvalue weighted by molar-refractivity contribution is 0.0154. The van der Waals surface area contributed by atoms with Gasteiger partial charge in [-0.2, -0.15) is 0 Å². The lowest BCUT2D eigenvalue weighted by Gasteiger charge is -2.29. The second-order valence-corrected chi connectivity index (χ2v) is 4.75. The van der Waals surface area contributed by atoms with Crippen LogP contribution in [0.15, 0.2) is 24.5 Å². The molecule has 0 radical (unpaired) electrons. The smallest absolute Gasteiger partial charge is 0.137 e. The van der Waals surface area contributed by atoms with Crippen molar-refractivity contribution in [3.63, 3.8) is 0 Å². The molecule has 1 aliphatic rings. The molecule has 2 heterocycles. The largest absolute Gasteiger partial charge is 0.492 e. The van der Waals surface area contributed by atoms with E-state index in [4.69, 9.17) is 9.47 Å². The standard InChI is InChI=1S/C14H22N2O2/c1-2-6-17-14-7-12(8-16-10-14)11-18-13-4-3-5-15-9-13/h3-5,9,12,14,16H,2,6-8,10-11H2,1H3/t12-,14-/m1/s1. The first-order chi connectivity index (χ1) is 8.88. The zero-order valence-corrected chi connectivity index (χ0v) is 11.0. The zero-order valence-electron chi connectivity index (χ0n) is 11.0. The number of hydrogen-bond acceptors (Lipinski definition) is 4. The monoisotopic (exact) mass is 250 g/mol. The molecule has 0 unspecified atom stereocenters. The Morgan fingerprint density at radius 1 is 1.44 bits per heavy atom. The van der Waals surface area contributed by atoms with Gasteiger partial charge in [0, 0.05) is 31.8 Å². The predicted octanol–water partition coefficient (Wildman–Crippen LogP) is 1.87. The summed E-state index contributed by atoms with van der Waals surface area (Å²) in [4.78, 5) is 4.04. The van der Waals surface area contributed by atoms with Gasteiger partial charge in [-0.15, -0.1) is 0 Å². The van der Waals surface area contributed by atoms with Crippen LogP contribution >= 0.6 is 0 Å². The van der Waals surface area contributed by atoms with Crippen molar-refractivity contribution in [3.8, 4) is 5.75 Å². The minimum absolute atomic E-state index is 0.334. The number of nitrogens with one attached hydrogen (secondary N) is 1. The Balaban J connectivity index is 1.72. The van der Waals surface area contributed by atoms with Gasteiger partial charge in [0.2, 0.25) is 0 Å². The average Bonchev–Trinajstić information content (AvgIpc) is 2.44. The third-order valence-electron chi connectivity index (χ3n) is 3.08. The second kappa shape index (κ2) is 7.34. The van der Waals surface area contributed by atoms with E-state index in [1.807, 2.05) is 12.1 Å². The fourth-order valence-corrected chi connectivity index (χ4v) is 2.17. The van der Waals surface area contributed by atoms with Crippen molar-refractivity contribution in [3.05, 3.63) is 24.5 Å². The van der Waals surface area contributed by atoms with Crippen molar-refractivity contribution in [1.29, 1.82) is 0 Å². The fourth-order valence-electron chi connectivity index (χ4n) is 2.17. The highest BCUT2D eigenvalue weighted by Gasteiger charge is 2.22. The summed E-state index contributed by atoms with van der Waals surface area (Å²) in [6, 6.07) is 3.83. The highest BCUT2D eigenvalue weighted by molar-refractivity contribution is 5.15. The van der Waals surface area contributed by atoms with Crippen LogP contribution in [0.2, 0.25) is 0 Å². The summed E-state index contributed by atoms with van der Waals surface area (Å²) < 4.78 is 11.5. The molecule has 1 aliphatic heterocycles. The molecular weight excluding hydrogens is 228 g/mol. The van der Waals surface area contributed by atoms with E-state index in [-0.39, 0.29) is 0 Å². The maximum absolute atomic E-state index is 5.78. The molecule has 2 atom stereocenters. The number of aromatic nitrogens is 1. The van der Waals surface area contributed by atoms with Gasteiger partial charge < -0.3 is 14.8 Å². The van der Waals surface area contributed by atoms with Gasteiger partial charge in [-0.3, -0.25) is 4.98 Å². The normalized spacial score (nSPS) is 23.8. The van der Waals surface area contributed by atoms with E-state index in [1.54, 1.807) is 12.4 Å². The van der Waals surface area contributed by atoms with Crippen molar-refractivity contribution in [2.45, 2.75) is 25.9 Å². The first-order valence-electron chi connectivity index (χ1n) is 6.73. The van der Waals surface area contributed by atoms with E-state index in [0.29, 0.717) is 12.0 Å². The van der Waals surface area contributed by atoms with Gasteiger partial charge in [0.15, 0.2) is 0 Å². The molecule has 0 bridgehead atoms. The SMILES string of the molecule is CCCO[C@H]1CNC[C@H](COc2cccnc2)C1. The number of ether oxygens (including phenoxy) is 2. The van der Waals surface area contributed by atoms with Crippen LogP contribution in [0.3, 0.4) is 0 Å². The summed E-state index contributed by atoms with van der Waals surface area (Å²) in [7, 11) is 0. The van der Waals surface area contributed by atoms with Crippen LogP contribution < -0.4 is 10.1 Å². The number of nitrogens with zero attached hydrogens (tertiary/aromatic N) is 1. The molecular formula is C14H22N2O2. The number of rotatable bonds is 6. The molecule has 1 aromatic heterocycles. The molecule has 4 heteroatoms. The quantitative estimate of drug-likeness (QED) is 0.837. The van der Waals surface area contributed by atoms with Crippen LogP contribution in [0.4, 0.5) is 0 Å². The molecule has 0 amide bonds. The van der Waals surface area contributed by atoms with E-state index in [0.717, 1.165) is 44.9 Å². The Hall–Kier alpha value is -1.13. The van der Waals surface area contributed by atoms with Crippen LogP contribution in [0.25, 0.3) is 0 Å². The van der Waals surface area contributed by atoms with Crippen molar-refractivity contribution in [2.24, 2.45) is 5.92 Å². The number of hydrogen-bond donors (Lipinski definition) is 1. The van der Waals surface area contributed by atoms with E-state index >= 15 is 0 Å². The van der Waals surface area contributed by atoms with Crippen LogP contribution in [-0.2, 0) is 4.74 Å². The molecule has 2 rings (SSSR count). The fraction of sp³-hybridized carbons (Fsp3) is 0.643. The molecule has 4 nitrogen and oxygen atoms in total. The van der Waals surface area contributed by atoms with Crippen LogP contribution in [-0.4, -0.2) is 37.4 Å². The van der Waals surface area contributed by atoms with E-state index in [2.05, 4.69) is 17.2 Å². The van der Waals surface area contributed by atoms with Gasteiger partial charge in [0.05, 0.1) is 18.9 Å². The lowest BCUT2D eigenvalue weighted by atomic mass is 9.98. The molecule has 0 aromatic carbocycles. The molecule has 1 N–H and O–H groups in total. The highest BCUT2D eigenvalue weighted by Crippen LogP contribution is 2.16. The Bertz CT molecular complexity index is 332. The number of piperidine rings is 1. The molecule has 0 saturated carbocycles. The summed E-state index contributed by atoms with van der Waals surface area (Å²) in [5.74, 6) is 1.36. The molecule has 1 saturated heterocycles. The molecule has 100 valence electrons. The zero-order chi connectivity index (χ0) is 12.6. The third-order valence-corrected chi connectivity index (χ3v) is 3.08. The summed E-state index contributed by atoms with van der Waals surface area (Å²) in [6.07, 6.45) is 5.99. The van der Waals surface area contributed by atoms with Crippen LogP contribution in [0, 0.1) is 5.92 Å². The summed E-state index contributed by atoms with van der Waals surface area (Å²) in [5.41, 5.74) is 0. The summed E-state index contributed by atoms with van der Waals surface area (Å²) in [6.45, 7) is 5.68. The van der Waals surface area contributed by atoms with Gasteiger partial charge in [-0.25, -0.2) is 0 Å². The molecule has 1 aromatic rings. The first-order valence-corrected chi connectivity index (χ1v) is 6.73. The van der Waals surface area contributed by atoms with E-state index in [9.17, 15) is 0 Å². The van der Waals surface area contributed by atoms with Crippen molar-refractivity contribution in [2.75, 3.05) is 26.3 Å². The predicted molar refractivity (Wildman–Crippen MR) is 70.7 cm³/mol. The van der Waals surface area contributed by atoms with Crippen molar-refractivity contribution >= 4 is 0 Å². The Labute approximate surface area is 109 Å². The van der Waals surface area contributed by atoms with E-state index < -0.39 is 0 Å². The van der Waals surface area contributed by atoms with Gasteiger partial charge in [0.1, 0.15) is 5.75 Å². The van der Waals surface area contributed by atoms with Crippen LogP contribution in [0.5, 0.6) is 5.75 Å². The van der Waals surface area contributed by atoms with Gasteiger partial charge in [-0.05, 0) is 25.0 Å². The Morgan fingerprint density at radius 2 is 2.39 bits per heavy atom. The summed E-state index contributed by atoms with van der Waals surface area (Å²) >= 11 is 0. The minimum Gasteiger partial charge on any atom is -0.492 e. The molecule has 18 heavy (non-hydrogen) atoms. The maximum atomic E-state index is 5.78. The van der Waals surface area contributed by atoms with Gasteiger partial charge >= 0.3 is 0 Å². The van der Waals surface area contributed by atoms with Gasteiger partial charge in [-0.1, -0.05) is 6.92 Å². The van der Waals surface area contributed by atoms with E-state index in [1.165, 1.54) is 0 Å². The topological polar surface area (TPSA) is 43.4 Å². The summed E-state index contributed by atoms with van der Waals surface area (Å²) in [5, 5.41) is 3.41. The number of pyridine rings is 1. The van der Waals surface area contributed by atoms with Gasteiger partial charge in [0.25, 0.3) is 0 Å². The highest BCUT2D eigenvalue weighted by atomic mass is 16.5. The third kappa shape index (κ3) is 4.27. The lowest BCUT2D eigenvalue weighted by Crippen LogP contribution is -2.42. The first kappa shape index (κ1) is 13.3. The molecule has 0 spiro atoms. The van der Waals surface area contributed by atoms with Crippen molar-refractivity contribution in [1.82, 2.24) is 10.3 Å². The van der Waals surface area contributed by atoms with Crippen LogP contribution in [0.1, 0.15) is 19.8 Å². The second-order valence-electron chi connectivity index (χ2n) is 4.75. The minimum atomic E-state index is 0.334. The Morgan fingerprint density at radius 3 is 3.17 bits per heavy atom.